The molecule has 6 heteroatoms. The summed E-state index contributed by atoms with van der Waals surface area (Å²) in [6, 6.07) is 5.53. The first-order chi connectivity index (χ1) is 13.8. The fraction of sp³-hybridized carbons (Fsp3) is 0.609. The molecule has 0 radical (unpaired) electrons. The normalized spacial score (nSPS) is 30.5. The first kappa shape index (κ1) is 17.5. The van der Waals surface area contributed by atoms with Crippen LogP contribution in [-0.4, -0.2) is 38.2 Å². The molecule has 1 saturated carbocycles. The number of carbonyl (C=O) groups excluding carboxylic acids is 1. The van der Waals surface area contributed by atoms with Gasteiger partial charge in [0.25, 0.3) is 5.56 Å². The molecule has 6 rings (SSSR count). The van der Waals surface area contributed by atoms with E-state index in [-0.39, 0.29) is 17.4 Å². The van der Waals surface area contributed by atoms with Crippen LogP contribution in [0.25, 0.3) is 0 Å². The molecule has 0 aromatic carbocycles. The Labute approximate surface area is 170 Å². The van der Waals surface area contributed by atoms with Gasteiger partial charge in [0.1, 0.15) is 6.54 Å². The minimum absolute atomic E-state index is 0.0843. The molecule has 29 heavy (non-hydrogen) atoms. The minimum Gasteiger partial charge on any atom is -0.340 e. The van der Waals surface area contributed by atoms with Gasteiger partial charge >= 0.3 is 0 Å². The van der Waals surface area contributed by atoms with Gasteiger partial charge in [0.05, 0.1) is 5.69 Å². The topological polar surface area (TPSA) is 60.1 Å². The third-order valence-electron chi connectivity index (χ3n) is 8.18. The Morgan fingerprint density at radius 3 is 2.90 bits per heavy atom. The minimum atomic E-state index is 0.0843. The zero-order valence-corrected chi connectivity index (χ0v) is 17.4. The number of fused-ring (bicyclic) bond motifs is 7. The van der Waals surface area contributed by atoms with Gasteiger partial charge in [0.2, 0.25) is 5.91 Å². The van der Waals surface area contributed by atoms with Crippen LogP contribution < -0.4 is 5.56 Å². The Bertz CT molecular complexity index is 1090. The Kier molecular flexibility index (Phi) is 3.38. The standard InChI is InChI=1S/C23H28N4O2/c1-13-21-18(8-16-22(21)23(16,2)3)27(24-13)12-20(29)25-9-14-7-15(11-25)17-5-4-6-19(28)26(17)10-14/h4-6,14-16,22H,7-12H2,1-3H3/t14-,15+,16?,22?/m1/s1. The fourth-order valence-corrected chi connectivity index (χ4v) is 6.63. The highest BCUT2D eigenvalue weighted by Crippen LogP contribution is 2.70. The Hall–Kier alpha value is -2.37. The maximum Gasteiger partial charge on any atom is 0.250 e. The number of pyridine rings is 1. The molecular formula is C23H28N4O2. The third kappa shape index (κ3) is 2.37. The molecule has 2 aromatic heterocycles. The van der Waals surface area contributed by atoms with E-state index < -0.39 is 0 Å². The van der Waals surface area contributed by atoms with Crippen molar-refractivity contribution >= 4 is 5.91 Å². The molecule has 2 unspecified atom stereocenters. The maximum absolute atomic E-state index is 13.2. The molecule has 1 saturated heterocycles. The van der Waals surface area contributed by atoms with Crippen molar-refractivity contribution in [3.8, 4) is 0 Å². The molecule has 0 spiro atoms. The van der Waals surface area contributed by atoms with E-state index in [0.717, 1.165) is 43.2 Å². The van der Waals surface area contributed by atoms with Crippen molar-refractivity contribution < 1.29 is 4.79 Å². The Morgan fingerprint density at radius 2 is 2.07 bits per heavy atom. The van der Waals surface area contributed by atoms with E-state index in [4.69, 9.17) is 5.10 Å². The van der Waals surface area contributed by atoms with Crippen molar-refractivity contribution in [3.05, 3.63) is 51.2 Å². The zero-order chi connectivity index (χ0) is 20.1. The van der Waals surface area contributed by atoms with Crippen LogP contribution in [0.1, 0.15) is 54.7 Å². The molecule has 152 valence electrons. The lowest BCUT2D eigenvalue weighted by molar-refractivity contribution is -0.134. The number of carbonyl (C=O) groups is 1. The number of nitrogens with zero attached hydrogens (tertiary/aromatic N) is 4. The van der Waals surface area contributed by atoms with Crippen LogP contribution in [0.2, 0.25) is 0 Å². The van der Waals surface area contributed by atoms with E-state index in [2.05, 4.69) is 20.8 Å². The second-order valence-electron chi connectivity index (χ2n) is 10.2. The summed E-state index contributed by atoms with van der Waals surface area (Å²) in [7, 11) is 0. The van der Waals surface area contributed by atoms with Crippen LogP contribution in [0.5, 0.6) is 0 Å². The predicted octanol–water partition coefficient (Wildman–Crippen LogP) is 2.29. The summed E-state index contributed by atoms with van der Waals surface area (Å²) in [6.45, 7) is 9.32. The first-order valence-electron chi connectivity index (χ1n) is 10.9. The third-order valence-corrected chi connectivity index (χ3v) is 8.18. The van der Waals surface area contributed by atoms with Gasteiger partial charge in [-0.05, 0) is 49.0 Å². The number of likely N-dealkylation sites (tertiary alicyclic amines) is 1. The quantitative estimate of drug-likeness (QED) is 0.788. The predicted molar refractivity (Wildman–Crippen MR) is 109 cm³/mol. The van der Waals surface area contributed by atoms with E-state index >= 15 is 0 Å². The number of hydrogen-bond acceptors (Lipinski definition) is 3. The molecular weight excluding hydrogens is 364 g/mol. The number of aromatic nitrogens is 3. The zero-order valence-electron chi connectivity index (χ0n) is 17.4. The van der Waals surface area contributed by atoms with Gasteiger partial charge in [-0.3, -0.25) is 14.3 Å². The second kappa shape index (κ2) is 5.61. The molecule has 2 aliphatic heterocycles. The van der Waals surface area contributed by atoms with Gasteiger partial charge < -0.3 is 9.47 Å². The second-order valence-corrected chi connectivity index (χ2v) is 10.2. The summed E-state index contributed by atoms with van der Waals surface area (Å²) in [4.78, 5) is 27.4. The van der Waals surface area contributed by atoms with Gasteiger partial charge in [-0.25, -0.2) is 0 Å². The average Bonchev–Trinajstić information content (AvgIpc) is 3.00. The summed E-state index contributed by atoms with van der Waals surface area (Å²) in [5.74, 6) is 2.14. The number of rotatable bonds is 2. The number of hydrogen-bond donors (Lipinski definition) is 0. The van der Waals surface area contributed by atoms with Crippen LogP contribution in [0.3, 0.4) is 0 Å². The average molecular weight is 393 g/mol. The molecule has 4 heterocycles. The molecule has 0 N–H and O–H groups in total. The summed E-state index contributed by atoms with van der Waals surface area (Å²) >= 11 is 0. The molecule has 2 fully saturated rings. The lowest BCUT2D eigenvalue weighted by Gasteiger charge is -2.42. The number of piperidine rings is 1. The highest BCUT2D eigenvalue weighted by molar-refractivity contribution is 5.76. The molecule has 2 aromatic rings. The maximum atomic E-state index is 13.2. The van der Waals surface area contributed by atoms with E-state index in [1.165, 1.54) is 11.3 Å². The first-order valence-corrected chi connectivity index (χ1v) is 10.9. The van der Waals surface area contributed by atoms with Crippen molar-refractivity contribution in [2.45, 2.75) is 58.5 Å². The van der Waals surface area contributed by atoms with E-state index in [1.54, 1.807) is 6.07 Å². The summed E-state index contributed by atoms with van der Waals surface area (Å²) < 4.78 is 3.90. The van der Waals surface area contributed by atoms with Gasteiger partial charge in [0, 0.05) is 48.6 Å². The molecule has 4 aliphatic rings. The van der Waals surface area contributed by atoms with Crippen LogP contribution in [0.4, 0.5) is 0 Å². The Morgan fingerprint density at radius 1 is 1.24 bits per heavy atom. The van der Waals surface area contributed by atoms with Crippen LogP contribution >= 0.6 is 0 Å². The van der Waals surface area contributed by atoms with Gasteiger partial charge in [-0.15, -0.1) is 0 Å². The van der Waals surface area contributed by atoms with Crippen LogP contribution in [0.15, 0.2) is 23.0 Å². The largest absolute Gasteiger partial charge is 0.340 e. The highest BCUT2D eigenvalue weighted by Gasteiger charge is 2.63. The van der Waals surface area contributed by atoms with E-state index in [0.29, 0.717) is 30.3 Å². The number of amides is 1. The van der Waals surface area contributed by atoms with Crippen LogP contribution in [-0.2, 0) is 24.3 Å². The monoisotopic (exact) mass is 392 g/mol. The smallest absolute Gasteiger partial charge is 0.250 e. The highest BCUT2D eigenvalue weighted by atomic mass is 16.2. The lowest BCUT2D eigenvalue weighted by Crippen LogP contribution is -2.49. The Balaban J connectivity index is 1.23. The van der Waals surface area contributed by atoms with Crippen LogP contribution in [0, 0.1) is 24.2 Å². The van der Waals surface area contributed by atoms with Crippen molar-refractivity contribution in [3.63, 3.8) is 0 Å². The number of aryl methyl sites for hydroxylation is 1. The van der Waals surface area contributed by atoms with E-state index in [1.807, 2.05) is 26.3 Å². The summed E-state index contributed by atoms with van der Waals surface area (Å²) in [5.41, 5.74) is 5.38. The van der Waals surface area contributed by atoms with Crippen molar-refractivity contribution in [2.24, 2.45) is 17.3 Å². The van der Waals surface area contributed by atoms with E-state index in [9.17, 15) is 9.59 Å². The summed E-state index contributed by atoms with van der Waals surface area (Å²) in [6.07, 6.45) is 2.13. The fourth-order valence-electron chi connectivity index (χ4n) is 6.63. The molecule has 6 nitrogen and oxygen atoms in total. The van der Waals surface area contributed by atoms with Gasteiger partial charge in [-0.1, -0.05) is 19.9 Å². The molecule has 2 aliphatic carbocycles. The lowest BCUT2D eigenvalue weighted by atomic mass is 9.83. The van der Waals surface area contributed by atoms with Gasteiger partial charge in [-0.2, -0.15) is 5.10 Å². The van der Waals surface area contributed by atoms with Gasteiger partial charge in [0.15, 0.2) is 0 Å². The molecule has 4 atom stereocenters. The molecule has 1 amide bonds. The molecule has 2 bridgehead atoms. The van der Waals surface area contributed by atoms with Crippen molar-refractivity contribution in [1.82, 2.24) is 19.2 Å². The van der Waals surface area contributed by atoms with Crippen molar-refractivity contribution in [2.75, 3.05) is 13.1 Å². The SMILES string of the molecule is Cc1nn(CC(=O)N2C[C@H]3C[C@@H](C2)c2cccc(=O)n2C3)c2c1C1C(C2)C1(C)C. The summed E-state index contributed by atoms with van der Waals surface area (Å²) in [5, 5.41) is 4.75. The van der Waals surface area contributed by atoms with Crippen molar-refractivity contribution in [1.29, 1.82) is 0 Å².